The monoisotopic (exact) mass is 421 g/mol. The third kappa shape index (κ3) is 5.08. The highest BCUT2D eigenvalue weighted by Gasteiger charge is 2.15. The first-order valence-electron chi connectivity index (χ1n) is 8.59. The number of carbonyl (C=O) groups excluding carboxylic acids is 1. The molecule has 0 atom stereocenters. The molecule has 0 fully saturated rings. The molecule has 3 rings (SSSR count). The lowest BCUT2D eigenvalue weighted by Crippen LogP contribution is -2.27. The molecule has 0 aliphatic heterocycles. The van der Waals surface area contributed by atoms with E-state index in [-0.39, 0.29) is 11.9 Å². The van der Waals surface area contributed by atoms with Crippen LogP contribution < -0.4 is 10.1 Å². The molecule has 3 nitrogen and oxygen atoms in total. The lowest BCUT2D eigenvalue weighted by Gasteiger charge is -2.19. The highest BCUT2D eigenvalue weighted by Crippen LogP contribution is 2.26. The first-order valence-corrected chi connectivity index (χ1v) is 9.38. The van der Waals surface area contributed by atoms with Crippen LogP contribution in [0.5, 0.6) is 5.75 Å². The molecular formula is C23H20BrNO2. The second-order valence-electron chi connectivity index (χ2n) is 5.99. The molecule has 0 aromatic heterocycles. The number of benzene rings is 3. The van der Waals surface area contributed by atoms with Gasteiger partial charge in [-0.2, -0.15) is 0 Å². The molecule has 0 heterocycles. The van der Waals surface area contributed by atoms with Crippen molar-refractivity contribution in [2.75, 3.05) is 7.11 Å². The van der Waals surface area contributed by atoms with Gasteiger partial charge in [-0.1, -0.05) is 66.7 Å². The van der Waals surface area contributed by atoms with Gasteiger partial charge in [-0.05, 0) is 50.8 Å². The smallest absolute Gasteiger partial charge is 0.244 e. The van der Waals surface area contributed by atoms with Crippen LogP contribution in [0.4, 0.5) is 0 Å². The number of methoxy groups -OCH3 is 1. The highest BCUT2D eigenvalue weighted by atomic mass is 79.9. The fourth-order valence-electron chi connectivity index (χ4n) is 2.80. The van der Waals surface area contributed by atoms with E-state index < -0.39 is 0 Å². The zero-order valence-corrected chi connectivity index (χ0v) is 16.5. The normalized spacial score (nSPS) is 10.9. The van der Waals surface area contributed by atoms with Crippen molar-refractivity contribution in [2.24, 2.45) is 0 Å². The SMILES string of the molecule is COc1ccc(/C=C/C(=O)NC(c2ccccc2)c2ccccc2)cc1Br. The zero-order chi connectivity index (χ0) is 19.1. The number of ether oxygens (including phenoxy) is 1. The summed E-state index contributed by atoms with van der Waals surface area (Å²) in [6.07, 6.45) is 3.33. The summed E-state index contributed by atoms with van der Waals surface area (Å²) < 4.78 is 6.07. The molecule has 3 aromatic rings. The van der Waals surface area contributed by atoms with Crippen molar-refractivity contribution in [1.29, 1.82) is 0 Å². The van der Waals surface area contributed by atoms with Gasteiger partial charge < -0.3 is 10.1 Å². The van der Waals surface area contributed by atoms with Crippen molar-refractivity contribution in [1.82, 2.24) is 5.32 Å². The summed E-state index contributed by atoms with van der Waals surface area (Å²) in [5, 5.41) is 3.09. The third-order valence-electron chi connectivity index (χ3n) is 4.16. The fraction of sp³-hybridized carbons (Fsp3) is 0.0870. The largest absolute Gasteiger partial charge is 0.496 e. The van der Waals surface area contributed by atoms with E-state index in [1.165, 1.54) is 0 Å². The van der Waals surface area contributed by atoms with Crippen LogP contribution in [-0.4, -0.2) is 13.0 Å². The summed E-state index contributed by atoms with van der Waals surface area (Å²) in [5.41, 5.74) is 2.99. The summed E-state index contributed by atoms with van der Waals surface area (Å²) in [4.78, 5) is 12.5. The Bertz CT molecular complexity index is 884. The van der Waals surface area contributed by atoms with Gasteiger partial charge in [0.2, 0.25) is 5.91 Å². The summed E-state index contributed by atoms with van der Waals surface area (Å²) in [6.45, 7) is 0. The Hall–Kier alpha value is -2.85. The Morgan fingerprint density at radius 3 is 2.07 bits per heavy atom. The van der Waals surface area contributed by atoms with Gasteiger partial charge >= 0.3 is 0 Å². The molecule has 0 aliphatic rings. The van der Waals surface area contributed by atoms with Crippen molar-refractivity contribution in [3.05, 3.63) is 106 Å². The molecule has 136 valence electrons. The number of hydrogen-bond acceptors (Lipinski definition) is 2. The van der Waals surface area contributed by atoms with Crippen molar-refractivity contribution in [2.45, 2.75) is 6.04 Å². The molecule has 0 spiro atoms. The van der Waals surface area contributed by atoms with E-state index in [0.717, 1.165) is 26.9 Å². The Morgan fingerprint density at radius 2 is 1.56 bits per heavy atom. The topological polar surface area (TPSA) is 38.3 Å². The Labute approximate surface area is 167 Å². The van der Waals surface area contributed by atoms with E-state index in [2.05, 4.69) is 21.2 Å². The average molecular weight is 422 g/mol. The number of halogens is 1. The van der Waals surface area contributed by atoms with Crippen LogP contribution in [0, 0.1) is 0 Å². The van der Waals surface area contributed by atoms with Crippen LogP contribution in [0.15, 0.2) is 89.4 Å². The summed E-state index contributed by atoms with van der Waals surface area (Å²) in [5.74, 6) is 0.601. The maximum atomic E-state index is 12.5. The first-order chi connectivity index (χ1) is 13.2. The lowest BCUT2D eigenvalue weighted by atomic mass is 9.98. The Kier molecular flexibility index (Phi) is 6.44. The van der Waals surface area contributed by atoms with Gasteiger partial charge in [0, 0.05) is 6.08 Å². The molecule has 1 N–H and O–H groups in total. The molecule has 27 heavy (non-hydrogen) atoms. The molecule has 0 saturated carbocycles. The average Bonchev–Trinajstić information content (AvgIpc) is 2.72. The predicted molar refractivity (Wildman–Crippen MR) is 113 cm³/mol. The van der Waals surface area contributed by atoms with Gasteiger partial charge in [-0.25, -0.2) is 0 Å². The minimum Gasteiger partial charge on any atom is -0.496 e. The van der Waals surface area contributed by atoms with Crippen LogP contribution in [0.2, 0.25) is 0 Å². The fourth-order valence-corrected chi connectivity index (χ4v) is 3.36. The molecule has 1 amide bonds. The second kappa shape index (κ2) is 9.19. The summed E-state index contributed by atoms with van der Waals surface area (Å²) in [6, 6.07) is 25.4. The third-order valence-corrected chi connectivity index (χ3v) is 4.78. The Morgan fingerprint density at radius 1 is 0.963 bits per heavy atom. The number of amides is 1. The number of nitrogens with one attached hydrogen (secondary N) is 1. The van der Waals surface area contributed by atoms with Gasteiger partial charge in [0.1, 0.15) is 5.75 Å². The minimum absolute atomic E-state index is 0.153. The predicted octanol–water partition coefficient (Wildman–Crippen LogP) is 5.38. The van der Waals surface area contributed by atoms with Crippen LogP contribution in [-0.2, 0) is 4.79 Å². The minimum atomic E-state index is -0.202. The van der Waals surface area contributed by atoms with E-state index in [0.29, 0.717) is 0 Å². The quantitative estimate of drug-likeness (QED) is 0.542. The van der Waals surface area contributed by atoms with Gasteiger partial charge in [0.25, 0.3) is 0 Å². The van der Waals surface area contributed by atoms with E-state index >= 15 is 0 Å². The van der Waals surface area contributed by atoms with Gasteiger partial charge in [0.05, 0.1) is 17.6 Å². The maximum Gasteiger partial charge on any atom is 0.244 e. The van der Waals surface area contributed by atoms with Crippen LogP contribution in [0.3, 0.4) is 0 Å². The van der Waals surface area contributed by atoms with Crippen molar-refractivity contribution in [3.63, 3.8) is 0 Å². The molecule has 4 heteroatoms. The van der Waals surface area contributed by atoms with Crippen LogP contribution >= 0.6 is 15.9 Å². The van der Waals surface area contributed by atoms with Crippen molar-refractivity contribution in [3.8, 4) is 5.75 Å². The molecular weight excluding hydrogens is 402 g/mol. The zero-order valence-electron chi connectivity index (χ0n) is 14.9. The molecule has 0 aliphatic carbocycles. The molecule has 0 radical (unpaired) electrons. The van der Waals surface area contributed by atoms with Crippen molar-refractivity contribution < 1.29 is 9.53 Å². The molecule has 0 unspecified atom stereocenters. The first kappa shape index (κ1) is 18.9. The van der Waals surface area contributed by atoms with E-state index in [1.807, 2.05) is 78.9 Å². The second-order valence-corrected chi connectivity index (χ2v) is 6.84. The van der Waals surface area contributed by atoms with Gasteiger partial charge in [-0.15, -0.1) is 0 Å². The van der Waals surface area contributed by atoms with Crippen LogP contribution in [0.1, 0.15) is 22.7 Å². The number of rotatable bonds is 6. The van der Waals surface area contributed by atoms with Crippen LogP contribution in [0.25, 0.3) is 6.08 Å². The highest BCUT2D eigenvalue weighted by molar-refractivity contribution is 9.10. The number of hydrogen-bond donors (Lipinski definition) is 1. The number of carbonyl (C=O) groups is 1. The molecule has 3 aromatic carbocycles. The lowest BCUT2D eigenvalue weighted by molar-refractivity contribution is -0.116. The molecule has 0 saturated heterocycles. The van der Waals surface area contributed by atoms with Gasteiger partial charge in [-0.3, -0.25) is 4.79 Å². The van der Waals surface area contributed by atoms with Gasteiger partial charge in [0.15, 0.2) is 0 Å². The standard InChI is InChI=1S/C23H20BrNO2/c1-27-21-14-12-17(16-20(21)24)13-15-22(26)25-23(18-8-4-2-5-9-18)19-10-6-3-7-11-19/h2-16,23H,1H3,(H,25,26)/b15-13+. The van der Waals surface area contributed by atoms with Crippen molar-refractivity contribution >= 4 is 27.9 Å². The Balaban J connectivity index is 1.78. The summed E-state index contributed by atoms with van der Waals surface area (Å²) >= 11 is 3.46. The van der Waals surface area contributed by atoms with E-state index in [4.69, 9.17) is 4.74 Å². The van der Waals surface area contributed by atoms with E-state index in [1.54, 1.807) is 19.3 Å². The molecule has 0 bridgehead atoms. The maximum absolute atomic E-state index is 12.5. The summed E-state index contributed by atoms with van der Waals surface area (Å²) in [7, 11) is 1.62. The van der Waals surface area contributed by atoms with E-state index in [9.17, 15) is 4.79 Å².